The molecule has 0 bridgehead atoms. The molecule has 1 heterocycles. The minimum absolute atomic E-state index is 0.0218. The topological polar surface area (TPSA) is 81.8 Å². The summed E-state index contributed by atoms with van der Waals surface area (Å²) in [6.45, 7) is 0. The summed E-state index contributed by atoms with van der Waals surface area (Å²) in [5.41, 5.74) is 1.01. The van der Waals surface area contributed by atoms with Crippen LogP contribution in [0.25, 0.3) is 6.08 Å². The third-order valence-corrected chi connectivity index (χ3v) is 3.72. The Hall–Kier alpha value is -3.25. The zero-order chi connectivity index (χ0) is 17.8. The molecule has 3 rings (SSSR count). The first-order valence-electron chi connectivity index (χ1n) is 7.24. The molecule has 6 nitrogen and oxygen atoms in total. The van der Waals surface area contributed by atoms with Crippen molar-refractivity contribution in [1.29, 1.82) is 0 Å². The van der Waals surface area contributed by atoms with Crippen LogP contribution in [-0.2, 0) is 9.53 Å². The van der Waals surface area contributed by atoms with E-state index in [-0.39, 0.29) is 17.3 Å². The smallest absolute Gasteiger partial charge is 0.363 e. The fraction of sp³-hybridized carbons (Fsp3) is 0. The number of allylic oxidation sites excluding steroid dienone is 2. The van der Waals surface area contributed by atoms with Gasteiger partial charge in [-0.3, -0.25) is 10.1 Å². The number of halogens is 1. The predicted octanol–water partition coefficient (Wildman–Crippen LogP) is 4.15. The molecule has 1 aliphatic rings. The van der Waals surface area contributed by atoms with E-state index in [2.05, 4.69) is 4.99 Å². The molecule has 1 aliphatic heterocycles. The number of nitrogens with zero attached hydrogens (tertiary/aromatic N) is 2. The third kappa shape index (κ3) is 3.64. The van der Waals surface area contributed by atoms with Crippen molar-refractivity contribution in [3.8, 4) is 0 Å². The molecule has 0 saturated heterocycles. The zero-order valence-corrected chi connectivity index (χ0v) is 13.5. The van der Waals surface area contributed by atoms with Gasteiger partial charge in [0, 0.05) is 6.07 Å². The number of esters is 1. The maximum absolute atomic E-state index is 11.9. The lowest BCUT2D eigenvalue weighted by Crippen LogP contribution is -2.05. The van der Waals surface area contributed by atoms with E-state index in [0.29, 0.717) is 16.1 Å². The van der Waals surface area contributed by atoms with Gasteiger partial charge < -0.3 is 4.74 Å². The van der Waals surface area contributed by atoms with Crippen LogP contribution in [0.15, 0.2) is 71.4 Å². The molecular formula is C18H11ClN2O4. The Morgan fingerprint density at radius 1 is 1.12 bits per heavy atom. The summed E-state index contributed by atoms with van der Waals surface area (Å²) >= 11 is 6.06. The summed E-state index contributed by atoms with van der Waals surface area (Å²) in [6, 6.07) is 13.2. The summed E-state index contributed by atoms with van der Waals surface area (Å²) in [5, 5.41) is 11.4. The van der Waals surface area contributed by atoms with Crippen molar-refractivity contribution < 1.29 is 14.5 Å². The number of carbonyl (C=O) groups excluding carboxylic acids is 1. The van der Waals surface area contributed by atoms with Gasteiger partial charge in [0.15, 0.2) is 5.70 Å². The highest BCUT2D eigenvalue weighted by molar-refractivity contribution is 6.34. The first kappa shape index (κ1) is 16.6. The second-order valence-electron chi connectivity index (χ2n) is 5.01. The number of aliphatic imine (C=N–C) groups is 1. The summed E-state index contributed by atoms with van der Waals surface area (Å²) < 4.78 is 5.12. The van der Waals surface area contributed by atoms with E-state index in [9.17, 15) is 14.9 Å². The normalized spacial score (nSPS) is 15.5. The van der Waals surface area contributed by atoms with Crippen LogP contribution in [0.5, 0.6) is 0 Å². The molecule has 0 spiro atoms. The highest BCUT2D eigenvalue weighted by Gasteiger charge is 2.24. The quantitative estimate of drug-likeness (QED) is 0.357. The van der Waals surface area contributed by atoms with Crippen LogP contribution in [0.4, 0.5) is 5.69 Å². The van der Waals surface area contributed by atoms with Crippen LogP contribution in [0.1, 0.15) is 11.1 Å². The van der Waals surface area contributed by atoms with Crippen molar-refractivity contribution in [2.75, 3.05) is 0 Å². The number of cyclic esters (lactones) is 1. The number of carbonyl (C=O) groups is 1. The second-order valence-corrected chi connectivity index (χ2v) is 5.42. The van der Waals surface area contributed by atoms with Crippen molar-refractivity contribution in [3.05, 3.63) is 92.6 Å². The third-order valence-electron chi connectivity index (χ3n) is 3.39. The van der Waals surface area contributed by atoms with Crippen LogP contribution in [-0.4, -0.2) is 16.8 Å². The van der Waals surface area contributed by atoms with Crippen LogP contribution in [0, 0.1) is 10.1 Å². The monoisotopic (exact) mass is 354 g/mol. The zero-order valence-electron chi connectivity index (χ0n) is 12.8. The molecule has 2 aromatic carbocycles. The van der Waals surface area contributed by atoms with Crippen molar-refractivity contribution in [2.45, 2.75) is 0 Å². The summed E-state index contributed by atoms with van der Waals surface area (Å²) in [4.78, 5) is 26.5. The number of hydrogen-bond acceptors (Lipinski definition) is 5. The van der Waals surface area contributed by atoms with Crippen LogP contribution in [0.2, 0.25) is 5.02 Å². The molecule has 25 heavy (non-hydrogen) atoms. The first-order chi connectivity index (χ1) is 12.1. The van der Waals surface area contributed by atoms with Crippen molar-refractivity contribution in [2.24, 2.45) is 4.99 Å². The van der Waals surface area contributed by atoms with E-state index in [1.807, 2.05) is 0 Å². The minimum atomic E-state index is -0.609. The molecule has 7 heteroatoms. The molecule has 124 valence electrons. The Balaban J connectivity index is 1.86. The molecule has 0 N–H and O–H groups in total. The molecule has 0 fully saturated rings. The molecule has 0 amide bonds. The summed E-state index contributed by atoms with van der Waals surface area (Å²) in [7, 11) is 0. The van der Waals surface area contributed by atoms with Gasteiger partial charge >= 0.3 is 5.97 Å². The molecule has 2 aromatic rings. The van der Waals surface area contributed by atoms with E-state index < -0.39 is 10.9 Å². The van der Waals surface area contributed by atoms with Crippen molar-refractivity contribution in [3.63, 3.8) is 0 Å². The number of para-hydroxylation sites is 1. The first-order valence-corrected chi connectivity index (χ1v) is 7.61. The van der Waals surface area contributed by atoms with E-state index in [1.165, 1.54) is 24.3 Å². The number of hydrogen-bond donors (Lipinski definition) is 0. The van der Waals surface area contributed by atoms with E-state index in [0.717, 1.165) is 0 Å². The van der Waals surface area contributed by atoms with Crippen LogP contribution in [0.3, 0.4) is 0 Å². The number of nitro benzene ring substituents is 1. The molecule has 0 aromatic heterocycles. The molecule has 0 unspecified atom stereocenters. The van der Waals surface area contributed by atoms with Crippen molar-refractivity contribution >= 4 is 35.2 Å². The Morgan fingerprint density at radius 2 is 1.84 bits per heavy atom. The van der Waals surface area contributed by atoms with E-state index >= 15 is 0 Å². The molecule has 0 saturated carbocycles. The number of ether oxygens (including phenoxy) is 1. The number of rotatable bonds is 4. The average Bonchev–Trinajstić information content (AvgIpc) is 2.96. The molecule has 0 atom stereocenters. The van der Waals surface area contributed by atoms with Gasteiger partial charge in [-0.05, 0) is 30.4 Å². The highest BCUT2D eigenvalue weighted by atomic mass is 35.5. The maximum Gasteiger partial charge on any atom is 0.363 e. The van der Waals surface area contributed by atoms with E-state index in [1.54, 1.807) is 42.5 Å². The maximum atomic E-state index is 11.9. The molecule has 0 radical (unpaired) electrons. The SMILES string of the molecule is O=C1OC(c2ccccc2Cl)=N/C1=C/C=C/c1ccccc1[N+](=O)[O-]. The van der Waals surface area contributed by atoms with Crippen LogP contribution < -0.4 is 0 Å². The lowest BCUT2D eigenvalue weighted by atomic mass is 10.1. The standard InChI is InChI=1S/C18H11ClN2O4/c19-14-9-3-2-8-13(14)17-20-15(18(22)25-17)10-5-7-12-6-1-4-11-16(12)21(23)24/h1-11H/b7-5+,15-10+. The summed E-state index contributed by atoms with van der Waals surface area (Å²) in [6.07, 6.45) is 4.47. The Labute approximate surface area is 147 Å². The Kier molecular flexibility index (Phi) is 4.72. The fourth-order valence-corrected chi connectivity index (χ4v) is 2.43. The van der Waals surface area contributed by atoms with Gasteiger partial charge in [-0.2, -0.15) is 0 Å². The van der Waals surface area contributed by atoms with Gasteiger partial charge in [0.25, 0.3) is 5.69 Å². The average molecular weight is 355 g/mol. The van der Waals surface area contributed by atoms with Crippen LogP contribution >= 0.6 is 11.6 Å². The Morgan fingerprint density at radius 3 is 2.60 bits per heavy atom. The lowest BCUT2D eigenvalue weighted by molar-refractivity contribution is -0.385. The van der Waals surface area contributed by atoms with Gasteiger partial charge in [0.05, 0.1) is 21.1 Å². The van der Waals surface area contributed by atoms with Gasteiger partial charge in [0.2, 0.25) is 5.90 Å². The molecule has 0 aliphatic carbocycles. The second kappa shape index (κ2) is 7.11. The fourth-order valence-electron chi connectivity index (χ4n) is 2.21. The van der Waals surface area contributed by atoms with Crippen molar-refractivity contribution in [1.82, 2.24) is 0 Å². The van der Waals surface area contributed by atoms with Gasteiger partial charge in [-0.25, -0.2) is 9.79 Å². The Bertz CT molecular complexity index is 948. The predicted molar refractivity (Wildman–Crippen MR) is 94.3 cm³/mol. The van der Waals surface area contributed by atoms with E-state index in [4.69, 9.17) is 16.3 Å². The molecular weight excluding hydrogens is 344 g/mol. The number of benzene rings is 2. The highest BCUT2D eigenvalue weighted by Crippen LogP contribution is 2.23. The lowest BCUT2D eigenvalue weighted by Gasteiger charge is -2.00. The van der Waals surface area contributed by atoms with Gasteiger partial charge in [-0.15, -0.1) is 0 Å². The summed E-state index contributed by atoms with van der Waals surface area (Å²) in [5.74, 6) is -0.483. The number of nitro groups is 1. The van der Waals surface area contributed by atoms with Gasteiger partial charge in [-0.1, -0.05) is 41.9 Å². The largest absolute Gasteiger partial charge is 0.402 e. The minimum Gasteiger partial charge on any atom is -0.402 e. The van der Waals surface area contributed by atoms with Gasteiger partial charge in [0.1, 0.15) is 0 Å².